The van der Waals surface area contributed by atoms with Crippen LogP contribution in [0.4, 0.5) is 5.69 Å². The Kier molecular flexibility index (Phi) is 3.61. The van der Waals surface area contributed by atoms with Crippen LogP contribution in [0.5, 0.6) is 5.75 Å². The van der Waals surface area contributed by atoms with Gasteiger partial charge in [0.05, 0.1) is 23.1 Å². The van der Waals surface area contributed by atoms with E-state index >= 15 is 0 Å². The van der Waals surface area contributed by atoms with Crippen molar-refractivity contribution in [3.8, 4) is 5.75 Å². The summed E-state index contributed by atoms with van der Waals surface area (Å²) in [5, 5.41) is 0. The topological polar surface area (TPSA) is 63.7 Å². The second kappa shape index (κ2) is 6.14. The summed E-state index contributed by atoms with van der Waals surface area (Å²) in [4.78, 5) is 40.5. The van der Waals surface area contributed by atoms with Crippen LogP contribution in [0, 0.1) is 42.4 Å². The minimum Gasteiger partial charge on any atom is -0.423 e. The fourth-order valence-electron chi connectivity index (χ4n) is 5.81. The number of esters is 1. The molecule has 0 radical (unpaired) electrons. The van der Waals surface area contributed by atoms with Gasteiger partial charge in [-0.25, -0.2) is 9.69 Å². The number of ether oxygens (including phenoxy) is 1. The first-order valence-corrected chi connectivity index (χ1v) is 10.5. The molecule has 1 heterocycles. The van der Waals surface area contributed by atoms with Gasteiger partial charge in [0.1, 0.15) is 5.75 Å². The summed E-state index contributed by atoms with van der Waals surface area (Å²) in [5.74, 6) is 0.721. The molecular weight excluding hydrogens is 378 g/mol. The van der Waals surface area contributed by atoms with Crippen LogP contribution in [0.15, 0.2) is 60.7 Å². The van der Waals surface area contributed by atoms with E-state index in [1.54, 1.807) is 30.3 Å². The Morgan fingerprint density at radius 3 is 2.27 bits per heavy atom. The van der Waals surface area contributed by atoms with E-state index in [0.29, 0.717) is 28.8 Å². The van der Waals surface area contributed by atoms with Crippen LogP contribution in [0.1, 0.15) is 22.3 Å². The first-order chi connectivity index (χ1) is 14.5. The number of rotatable bonds is 3. The van der Waals surface area contributed by atoms with Gasteiger partial charge in [-0.3, -0.25) is 9.59 Å². The largest absolute Gasteiger partial charge is 0.423 e. The average Bonchev–Trinajstić information content (AvgIpc) is 3.53. The molecule has 0 spiro atoms. The molecule has 150 valence electrons. The van der Waals surface area contributed by atoms with Gasteiger partial charge in [0.15, 0.2) is 0 Å². The van der Waals surface area contributed by atoms with Crippen molar-refractivity contribution in [2.75, 3.05) is 4.90 Å². The minimum absolute atomic E-state index is 0.126. The number of nitrogens with zero attached hydrogens (tertiary/aromatic N) is 1. The van der Waals surface area contributed by atoms with E-state index in [1.807, 2.05) is 25.1 Å². The number of carbonyl (C=O) groups excluding carboxylic acids is 3. The summed E-state index contributed by atoms with van der Waals surface area (Å²) in [7, 11) is 0. The molecule has 4 aliphatic carbocycles. The molecule has 2 saturated carbocycles. The summed E-state index contributed by atoms with van der Waals surface area (Å²) in [6.07, 6.45) is 5.45. The third kappa shape index (κ3) is 2.38. The molecule has 0 unspecified atom stereocenters. The minimum atomic E-state index is -0.509. The number of carbonyl (C=O) groups is 3. The Bertz CT molecular complexity index is 1100. The van der Waals surface area contributed by atoms with Gasteiger partial charge in [0.25, 0.3) is 0 Å². The molecule has 7 rings (SSSR count). The van der Waals surface area contributed by atoms with Crippen LogP contribution in [-0.2, 0) is 9.59 Å². The molecule has 0 N–H and O–H groups in total. The van der Waals surface area contributed by atoms with Crippen LogP contribution < -0.4 is 9.64 Å². The van der Waals surface area contributed by atoms with Crippen molar-refractivity contribution in [2.45, 2.75) is 13.3 Å². The molecule has 3 fully saturated rings. The molecular formula is C25H21NO4. The second-order valence-corrected chi connectivity index (χ2v) is 8.87. The van der Waals surface area contributed by atoms with Crippen LogP contribution in [0.25, 0.3) is 0 Å². The third-order valence-corrected chi connectivity index (χ3v) is 7.30. The monoisotopic (exact) mass is 399 g/mol. The molecule has 2 bridgehead atoms. The van der Waals surface area contributed by atoms with Crippen LogP contribution in [0.3, 0.4) is 0 Å². The zero-order valence-corrected chi connectivity index (χ0v) is 16.5. The van der Waals surface area contributed by atoms with Crippen molar-refractivity contribution >= 4 is 23.5 Å². The number of benzene rings is 2. The lowest BCUT2D eigenvalue weighted by molar-refractivity contribution is -0.124. The lowest BCUT2D eigenvalue weighted by Gasteiger charge is -2.37. The van der Waals surface area contributed by atoms with E-state index in [-0.39, 0.29) is 35.5 Å². The van der Waals surface area contributed by atoms with Crippen molar-refractivity contribution in [2.24, 2.45) is 35.5 Å². The van der Waals surface area contributed by atoms with Crippen molar-refractivity contribution in [3.05, 3.63) is 71.8 Å². The maximum atomic E-state index is 13.3. The lowest BCUT2D eigenvalue weighted by Crippen LogP contribution is -2.40. The van der Waals surface area contributed by atoms with E-state index in [4.69, 9.17) is 4.74 Å². The van der Waals surface area contributed by atoms with Crippen molar-refractivity contribution in [3.63, 3.8) is 0 Å². The highest BCUT2D eigenvalue weighted by molar-refractivity contribution is 6.23. The number of anilines is 1. The van der Waals surface area contributed by atoms with Gasteiger partial charge in [-0.1, -0.05) is 36.4 Å². The molecule has 5 aliphatic rings. The molecule has 1 aliphatic heterocycles. The van der Waals surface area contributed by atoms with Crippen LogP contribution in [0.2, 0.25) is 0 Å². The maximum Gasteiger partial charge on any atom is 0.343 e. The maximum absolute atomic E-state index is 13.3. The number of allylic oxidation sites excluding steroid dienone is 2. The van der Waals surface area contributed by atoms with Gasteiger partial charge < -0.3 is 4.74 Å². The normalized spacial score (nSPS) is 32.8. The van der Waals surface area contributed by atoms with E-state index < -0.39 is 5.97 Å². The van der Waals surface area contributed by atoms with E-state index in [1.165, 1.54) is 4.90 Å². The quantitative estimate of drug-likeness (QED) is 0.341. The Balaban J connectivity index is 1.30. The van der Waals surface area contributed by atoms with E-state index in [0.717, 1.165) is 12.0 Å². The van der Waals surface area contributed by atoms with Crippen molar-refractivity contribution in [1.82, 2.24) is 0 Å². The molecule has 1 saturated heterocycles. The summed E-state index contributed by atoms with van der Waals surface area (Å²) in [6, 6.07) is 13.9. The number of para-hydroxylation sites is 1. The Hall–Kier alpha value is -3.21. The van der Waals surface area contributed by atoms with Crippen LogP contribution in [-0.4, -0.2) is 17.8 Å². The number of imide groups is 1. The molecule has 0 aromatic heterocycles. The van der Waals surface area contributed by atoms with Gasteiger partial charge in [-0.2, -0.15) is 0 Å². The molecule has 2 aromatic rings. The molecule has 6 atom stereocenters. The highest BCUT2D eigenvalue weighted by Crippen LogP contribution is 2.65. The summed E-state index contributed by atoms with van der Waals surface area (Å²) in [5.41, 5.74) is 1.62. The highest BCUT2D eigenvalue weighted by atomic mass is 16.5. The molecule has 5 nitrogen and oxygen atoms in total. The van der Waals surface area contributed by atoms with Gasteiger partial charge in [-0.15, -0.1) is 0 Å². The van der Waals surface area contributed by atoms with Crippen LogP contribution >= 0.6 is 0 Å². The van der Waals surface area contributed by atoms with E-state index in [2.05, 4.69) is 12.2 Å². The van der Waals surface area contributed by atoms with Gasteiger partial charge >= 0.3 is 5.97 Å². The summed E-state index contributed by atoms with van der Waals surface area (Å²) >= 11 is 0. The fourth-order valence-corrected chi connectivity index (χ4v) is 5.81. The molecule has 2 amide bonds. The zero-order valence-electron chi connectivity index (χ0n) is 16.5. The first-order valence-electron chi connectivity index (χ1n) is 10.5. The Morgan fingerprint density at radius 2 is 1.60 bits per heavy atom. The zero-order chi connectivity index (χ0) is 20.6. The van der Waals surface area contributed by atoms with Gasteiger partial charge in [0, 0.05) is 0 Å². The Morgan fingerprint density at radius 1 is 0.933 bits per heavy atom. The summed E-state index contributed by atoms with van der Waals surface area (Å²) in [6.45, 7) is 1.87. The molecule has 5 heteroatoms. The highest BCUT2D eigenvalue weighted by Gasteiger charge is 2.67. The van der Waals surface area contributed by atoms with Gasteiger partial charge in [-0.05, 0) is 66.8 Å². The lowest BCUT2D eigenvalue weighted by atomic mass is 9.63. The van der Waals surface area contributed by atoms with Gasteiger partial charge in [0.2, 0.25) is 11.8 Å². The third-order valence-electron chi connectivity index (χ3n) is 7.30. The predicted octanol–water partition coefficient (Wildman–Crippen LogP) is 3.77. The number of hydrogen-bond donors (Lipinski definition) is 0. The Labute approximate surface area is 174 Å². The number of aryl methyl sites for hydroxylation is 1. The number of amides is 2. The molecule has 2 aromatic carbocycles. The standard InChI is InChI=1S/C25H21NO4/c1-13-5-2-3-8-20(13)30-25(29)14-6-4-7-15(11-14)26-23(27)21-16-9-10-17(19-12-18(16)19)22(21)24(26)28/h2-11,16-19,21-22H,12H2,1H3/t16-,17-,18-,19-,21+,22+/m0/s1. The number of hydrogen-bond acceptors (Lipinski definition) is 4. The van der Waals surface area contributed by atoms with E-state index in [9.17, 15) is 14.4 Å². The van der Waals surface area contributed by atoms with Crippen molar-refractivity contribution < 1.29 is 19.1 Å². The second-order valence-electron chi connectivity index (χ2n) is 8.87. The predicted molar refractivity (Wildman–Crippen MR) is 110 cm³/mol. The summed E-state index contributed by atoms with van der Waals surface area (Å²) < 4.78 is 5.52. The van der Waals surface area contributed by atoms with Crippen molar-refractivity contribution in [1.29, 1.82) is 0 Å². The first kappa shape index (κ1) is 17.6. The SMILES string of the molecule is Cc1ccccc1OC(=O)c1cccc(N2C(=O)[C@@H]3[C@H]4C=C[C@@H]([C@@H]5C[C@@H]45)[C@H]3C2=O)c1. The fraction of sp³-hybridized carbons (Fsp3) is 0.320. The molecule has 30 heavy (non-hydrogen) atoms. The average molecular weight is 399 g/mol. The smallest absolute Gasteiger partial charge is 0.343 e.